The van der Waals surface area contributed by atoms with Gasteiger partial charge in [0.2, 0.25) is 5.91 Å². The van der Waals surface area contributed by atoms with E-state index in [0.29, 0.717) is 6.42 Å². The van der Waals surface area contributed by atoms with Gasteiger partial charge in [0.15, 0.2) is 0 Å². The number of allylic oxidation sites excluding steroid dienone is 5. The standard InChI is InChI=1S/C61H117NO4/c1-3-5-7-9-11-13-15-17-19-20-21-22-23-24-25-26-27-28-29-30-31-32-33-34-35-36-37-38-39-40-41-42-44-46-48-50-52-54-56-60(65)61(66)62-58(57-63)59(64)55-53-51-49-47-45-43-18-16-14-12-10-8-6-4-2/h30-31,45,47,53,55,58-60,63-65H,3-29,32-44,46,48-52,54,56-57H2,1-2H3,(H,62,66)/b31-30-,47-45+,55-53+. The summed E-state index contributed by atoms with van der Waals surface area (Å²) in [5.74, 6) is -0.510. The van der Waals surface area contributed by atoms with Crippen molar-refractivity contribution in [1.82, 2.24) is 5.32 Å². The van der Waals surface area contributed by atoms with Gasteiger partial charge in [-0.15, -0.1) is 0 Å². The van der Waals surface area contributed by atoms with Crippen LogP contribution in [0.4, 0.5) is 0 Å². The van der Waals surface area contributed by atoms with E-state index in [1.165, 1.54) is 263 Å². The van der Waals surface area contributed by atoms with Gasteiger partial charge in [-0.1, -0.05) is 301 Å². The van der Waals surface area contributed by atoms with Crippen molar-refractivity contribution in [1.29, 1.82) is 0 Å². The molecule has 0 saturated carbocycles. The molecule has 0 aromatic carbocycles. The van der Waals surface area contributed by atoms with E-state index in [1.807, 2.05) is 6.08 Å². The third-order valence-electron chi connectivity index (χ3n) is 14.0. The molecule has 0 aromatic rings. The van der Waals surface area contributed by atoms with Crippen LogP contribution in [0.1, 0.15) is 322 Å². The Hall–Kier alpha value is -1.43. The molecular weight excluding hydrogens is 811 g/mol. The van der Waals surface area contributed by atoms with Crippen LogP contribution in [-0.2, 0) is 4.79 Å². The zero-order valence-corrected chi connectivity index (χ0v) is 44.6. The Bertz CT molecular complexity index is 1020. The van der Waals surface area contributed by atoms with Crippen molar-refractivity contribution < 1.29 is 20.1 Å². The van der Waals surface area contributed by atoms with Gasteiger partial charge >= 0.3 is 0 Å². The molecule has 0 spiro atoms. The predicted molar refractivity (Wildman–Crippen MR) is 291 cm³/mol. The first-order chi connectivity index (χ1) is 32.6. The first-order valence-electron chi connectivity index (χ1n) is 29.8. The van der Waals surface area contributed by atoms with Crippen molar-refractivity contribution in [2.75, 3.05) is 6.61 Å². The average molecular weight is 929 g/mol. The van der Waals surface area contributed by atoms with Crippen molar-refractivity contribution in [2.24, 2.45) is 0 Å². The molecule has 5 nitrogen and oxygen atoms in total. The van der Waals surface area contributed by atoms with E-state index in [1.54, 1.807) is 6.08 Å². The Labute approximate surface area is 413 Å². The van der Waals surface area contributed by atoms with E-state index in [4.69, 9.17) is 0 Å². The number of hydrogen-bond acceptors (Lipinski definition) is 4. The minimum atomic E-state index is -1.10. The number of unbranched alkanes of at least 4 members (excludes halogenated alkanes) is 43. The Morgan fingerprint density at radius 1 is 0.364 bits per heavy atom. The lowest BCUT2D eigenvalue weighted by Crippen LogP contribution is -2.48. The summed E-state index contributed by atoms with van der Waals surface area (Å²) in [5.41, 5.74) is 0. The maximum absolute atomic E-state index is 12.5. The second-order valence-electron chi connectivity index (χ2n) is 20.5. The van der Waals surface area contributed by atoms with Gasteiger partial charge in [0.1, 0.15) is 6.10 Å². The van der Waals surface area contributed by atoms with Crippen LogP contribution in [0.3, 0.4) is 0 Å². The minimum Gasteiger partial charge on any atom is -0.394 e. The van der Waals surface area contributed by atoms with Crippen molar-refractivity contribution in [3.05, 3.63) is 36.5 Å². The molecule has 0 bridgehead atoms. The third-order valence-corrected chi connectivity index (χ3v) is 14.0. The summed E-state index contributed by atoms with van der Waals surface area (Å²) in [6.07, 6.45) is 74.0. The molecule has 4 N–H and O–H groups in total. The molecule has 3 atom stereocenters. The average Bonchev–Trinajstić information content (AvgIpc) is 3.32. The van der Waals surface area contributed by atoms with Crippen LogP contribution >= 0.6 is 0 Å². The number of amides is 1. The highest BCUT2D eigenvalue weighted by Gasteiger charge is 2.22. The Morgan fingerprint density at radius 2 is 0.621 bits per heavy atom. The van der Waals surface area contributed by atoms with E-state index in [0.717, 1.165) is 38.5 Å². The van der Waals surface area contributed by atoms with Crippen LogP contribution in [0.15, 0.2) is 36.5 Å². The molecule has 5 heteroatoms. The lowest BCUT2D eigenvalue weighted by atomic mass is 10.0. The molecule has 0 fully saturated rings. The fraction of sp³-hybridized carbons (Fsp3) is 0.885. The number of hydrogen-bond donors (Lipinski definition) is 4. The largest absolute Gasteiger partial charge is 0.394 e. The molecule has 0 aliphatic rings. The van der Waals surface area contributed by atoms with Gasteiger partial charge in [-0.3, -0.25) is 4.79 Å². The Morgan fingerprint density at radius 3 is 0.924 bits per heavy atom. The second kappa shape index (κ2) is 56.2. The van der Waals surface area contributed by atoms with Crippen LogP contribution in [0, 0.1) is 0 Å². The molecular formula is C61H117NO4. The Kier molecular flexibility index (Phi) is 54.9. The number of aliphatic hydroxyl groups is 3. The maximum Gasteiger partial charge on any atom is 0.249 e. The molecule has 1 amide bonds. The molecule has 66 heavy (non-hydrogen) atoms. The first kappa shape index (κ1) is 64.6. The summed E-state index contributed by atoms with van der Waals surface area (Å²) < 4.78 is 0. The molecule has 0 aliphatic carbocycles. The van der Waals surface area contributed by atoms with Crippen molar-refractivity contribution in [2.45, 2.75) is 340 Å². The van der Waals surface area contributed by atoms with E-state index < -0.39 is 24.2 Å². The molecule has 3 unspecified atom stereocenters. The van der Waals surface area contributed by atoms with Crippen LogP contribution in [0.2, 0.25) is 0 Å². The van der Waals surface area contributed by atoms with Gasteiger partial charge in [0.25, 0.3) is 0 Å². The van der Waals surface area contributed by atoms with Crippen molar-refractivity contribution in [3.8, 4) is 0 Å². The molecule has 0 radical (unpaired) electrons. The molecule has 0 aliphatic heterocycles. The summed E-state index contributed by atoms with van der Waals surface area (Å²) in [6.45, 7) is 4.19. The van der Waals surface area contributed by atoms with Gasteiger partial charge in [0, 0.05) is 0 Å². The monoisotopic (exact) mass is 928 g/mol. The van der Waals surface area contributed by atoms with Crippen LogP contribution < -0.4 is 5.32 Å². The van der Waals surface area contributed by atoms with Gasteiger partial charge in [0.05, 0.1) is 18.8 Å². The topological polar surface area (TPSA) is 89.8 Å². The highest BCUT2D eigenvalue weighted by atomic mass is 16.3. The van der Waals surface area contributed by atoms with Crippen molar-refractivity contribution >= 4 is 5.91 Å². The number of carbonyl (C=O) groups excluding carboxylic acids is 1. The zero-order chi connectivity index (χ0) is 47.9. The van der Waals surface area contributed by atoms with Crippen LogP contribution in [0.5, 0.6) is 0 Å². The first-order valence-corrected chi connectivity index (χ1v) is 29.8. The lowest BCUT2D eigenvalue weighted by molar-refractivity contribution is -0.131. The van der Waals surface area contributed by atoms with E-state index in [9.17, 15) is 20.1 Å². The molecule has 0 rings (SSSR count). The van der Waals surface area contributed by atoms with E-state index in [-0.39, 0.29) is 6.61 Å². The number of carbonyl (C=O) groups is 1. The van der Waals surface area contributed by atoms with Gasteiger partial charge in [-0.2, -0.15) is 0 Å². The zero-order valence-electron chi connectivity index (χ0n) is 44.6. The van der Waals surface area contributed by atoms with Gasteiger partial charge in [-0.25, -0.2) is 0 Å². The van der Waals surface area contributed by atoms with Gasteiger partial charge in [-0.05, 0) is 57.8 Å². The number of aliphatic hydroxyl groups excluding tert-OH is 3. The van der Waals surface area contributed by atoms with Crippen molar-refractivity contribution in [3.63, 3.8) is 0 Å². The second-order valence-corrected chi connectivity index (χ2v) is 20.5. The van der Waals surface area contributed by atoms with Gasteiger partial charge < -0.3 is 20.6 Å². The summed E-state index contributed by atoms with van der Waals surface area (Å²) in [5, 5.41) is 33.2. The predicted octanol–water partition coefficient (Wildman–Crippen LogP) is 18.6. The van der Waals surface area contributed by atoms with Crippen LogP contribution in [0.25, 0.3) is 0 Å². The highest BCUT2D eigenvalue weighted by molar-refractivity contribution is 5.80. The third kappa shape index (κ3) is 50.4. The summed E-state index contributed by atoms with van der Waals surface area (Å²) in [4.78, 5) is 12.5. The number of nitrogens with one attached hydrogen (secondary N) is 1. The molecule has 0 aromatic heterocycles. The normalized spacial score (nSPS) is 13.5. The Balaban J connectivity index is 3.47. The lowest BCUT2D eigenvalue weighted by Gasteiger charge is -2.21. The van der Waals surface area contributed by atoms with E-state index in [2.05, 4.69) is 43.5 Å². The van der Waals surface area contributed by atoms with Crippen LogP contribution in [-0.4, -0.2) is 46.1 Å². The summed E-state index contributed by atoms with van der Waals surface area (Å²) >= 11 is 0. The molecule has 390 valence electrons. The molecule has 0 saturated heterocycles. The molecule has 0 heterocycles. The summed E-state index contributed by atoms with van der Waals surface area (Å²) in [7, 11) is 0. The fourth-order valence-corrected chi connectivity index (χ4v) is 9.32. The number of rotatable bonds is 55. The minimum absolute atomic E-state index is 0.374. The smallest absolute Gasteiger partial charge is 0.249 e. The maximum atomic E-state index is 12.5. The van der Waals surface area contributed by atoms with E-state index >= 15 is 0 Å². The quantitative estimate of drug-likeness (QED) is 0.0361. The summed E-state index contributed by atoms with van der Waals surface area (Å²) in [6, 6.07) is -0.813. The highest BCUT2D eigenvalue weighted by Crippen LogP contribution is 2.17. The fourth-order valence-electron chi connectivity index (χ4n) is 9.32. The SMILES string of the molecule is CCCCCCCCCC/C=C/CC/C=C/C(O)C(CO)NC(=O)C(O)CCCCCCCCCCCCCCCCCC/C=C\CCCCCCCCCCCCCCCCCCCC.